The van der Waals surface area contributed by atoms with Gasteiger partial charge in [-0.2, -0.15) is 10.5 Å². The number of anilines is 6. The lowest BCUT2D eigenvalue weighted by atomic mass is 9.90. The maximum Gasteiger partial charge on any atom is 0.148 e. The first-order valence-corrected chi connectivity index (χ1v) is 44.3. The minimum absolute atomic E-state index is 0.355. The maximum absolute atomic E-state index is 18.4. The molecule has 0 saturated carbocycles. The fourth-order valence-electron chi connectivity index (χ4n) is 12.4. The third-order valence-corrected chi connectivity index (χ3v) is 25.7. The molecule has 4 nitrogen and oxygen atoms in total. The highest BCUT2D eigenvalue weighted by atomic mass is 28.3. The topological polar surface area (TPSA) is 54.1 Å². The summed E-state index contributed by atoms with van der Waals surface area (Å²) >= 11 is 0. The van der Waals surface area contributed by atoms with Crippen LogP contribution in [0, 0.1) is 34.3 Å². The molecule has 0 aliphatic carbocycles. The van der Waals surface area contributed by atoms with Crippen LogP contribution in [0.2, 0.25) is 78.6 Å². The van der Waals surface area contributed by atoms with Crippen LogP contribution in [0.4, 0.5) is 42.9 Å². The van der Waals surface area contributed by atoms with Crippen molar-refractivity contribution in [3.8, 4) is 56.6 Å². The molecule has 0 unspecified atom stereocenters. The zero-order valence-corrected chi connectivity index (χ0v) is 56.3. The lowest BCUT2D eigenvalue weighted by Crippen LogP contribution is -2.37. The third-order valence-electron chi connectivity index (χ3n) is 17.4. The number of nitriles is 2. The van der Waals surface area contributed by atoms with Gasteiger partial charge in [0.05, 0.1) is 78.3 Å². The summed E-state index contributed by atoms with van der Waals surface area (Å²) in [4.78, 5) is 4.00. The van der Waals surface area contributed by atoms with Crippen molar-refractivity contribution in [3.63, 3.8) is 0 Å². The Balaban J connectivity index is 1.12. The highest BCUT2D eigenvalue weighted by molar-refractivity contribution is 6.90. The molecular formula is C78H72F2N4Si4. The smallest absolute Gasteiger partial charge is 0.148 e. The van der Waals surface area contributed by atoms with E-state index in [0.29, 0.717) is 45.0 Å². The van der Waals surface area contributed by atoms with Gasteiger partial charge in [0.15, 0.2) is 0 Å². The molecule has 0 aliphatic heterocycles. The quantitative estimate of drug-likeness (QED) is 0.0804. The van der Waals surface area contributed by atoms with Crippen LogP contribution in [0.5, 0.6) is 0 Å². The Bertz CT molecular complexity index is 4440. The Hall–Kier alpha value is -9.01. The molecule has 0 fully saturated rings. The molecule has 0 aliphatic rings. The van der Waals surface area contributed by atoms with Crippen molar-refractivity contribution >= 4 is 119 Å². The molecule has 0 atom stereocenters. The summed E-state index contributed by atoms with van der Waals surface area (Å²) < 4.78 is 36.9. The summed E-state index contributed by atoms with van der Waals surface area (Å²) in [5.74, 6) is -0.826. The van der Waals surface area contributed by atoms with Crippen LogP contribution in [0.1, 0.15) is 11.1 Å². The van der Waals surface area contributed by atoms with Gasteiger partial charge in [-0.25, -0.2) is 8.78 Å². The molecule has 0 spiro atoms. The van der Waals surface area contributed by atoms with E-state index in [1.807, 2.05) is 46.2 Å². The van der Waals surface area contributed by atoms with Crippen LogP contribution in [0.15, 0.2) is 218 Å². The van der Waals surface area contributed by atoms with Crippen molar-refractivity contribution in [1.29, 1.82) is 10.5 Å². The highest BCUT2D eigenvalue weighted by Crippen LogP contribution is 2.52. The van der Waals surface area contributed by atoms with Crippen LogP contribution in [-0.4, -0.2) is 32.3 Å². The molecule has 0 bridgehead atoms. The van der Waals surface area contributed by atoms with Gasteiger partial charge in [-0.05, 0) is 128 Å². The second-order valence-electron chi connectivity index (χ2n) is 27.6. The summed E-state index contributed by atoms with van der Waals surface area (Å²) in [6.07, 6.45) is 0. The molecular weight excluding hydrogens is 1140 g/mol. The van der Waals surface area contributed by atoms with Crippen LogP contribution < -0.4 is 30.5 Å². The number of halogens is 2. The largest absolute Gasteiger partial charge is 0.306 e. The van der Waals surface area contributed by atoms with Gasteiger partial charge in [0.25, 0.3) is 0 Å². The van der Waals surface area contributed by atoms with Crippen LogP contribution in [-0.2, 0) is 0 Å². The normalized spacial score (nSPS) is 12.2. The van der Waals surface area contributed by atoms with E-state index < -0.39 is 43.9 Å². The molecule has 0 saturated heterocycles. The van der Waals surface area contributed by atoms with E-state index in [4.69, 9.17) is 0 Å². The monoisotopic (exact) mass is 1210 g/mol. The lowest BCUT2D eigenvalue weighted by molar-refractivity contribution is 0.629. The molecule has 12 aromatic carbocycles. The highest BCUT2D eigenvalue weighted by Gasteiger charge is 2.30. The van der Waals surface area contributed by atoms with Crippen molar-refractivity contribution in [3.05, 3.63) is 241 Å². The van der Waals surface area contributed by atoms with Gasteiger partial charge < -0.3 is 9.80 Å². The Morgan fingerprint density at radius 2 is 0.625 bits per heavy atom. The van der Waals surface area contributed by atoms with Crippen LogP contribution >= 0.6 is 0 Å². The first-order chi connectivity index (χ1) is 41.9. The molecule has 434 valence electrons. The minimum atomic E-state index is -1.72. The zero-order valence-electron chi connectivity index (χ0n) is 52.3. The molecule has 0 heterocycles. The van der Waals surface area contributed by atoms with Crippen molar-refractivity contribution < 1.29 is 8.78 Å². The van der Waals surface area contributed by atoms with E-state index in [1.54, 1.807) is 24.3 Å². The first-order valence-electron chi connectivity index (χ1n) is 30.3. The van der Waals surface area contributed by atoms with Gasteiger partial charge in [-0.3, -0.25) is 0 Å². The van der Waals surface area contributed by atoms with Gasteiger partial charge in [0.1, 0.15) is 11.6 Å². The lowest BCUT2D eigenvalue weighted by Gasteiger charge is -2.32. The molecule has 12 rings (SSSR count). The second-order valence-corrected chi connectivity index (χ2v) is 47.9. The zero-order chi connectivity index (χ0) is 62.2. The van der Waals surface area contributed by atoms with Crippen LogP contribution in [0.25, 0.3) is 76.8 Å². The predicted molar refractivity (Wildman–Crippen MR) is 383 cm³/mol. The number of rotatable bonds is 14. The Morgan fingerprint density at radius 1 is 0.318 bits per heavy atom. The number of nitrogens with zero attached hydrogens (tertiary/aromatic N) is 4. The standard InChI is InChI=1S/C78H72F2N4Si4/c1-85(2,3)63-31-19-53(20-32-63)59-45-69(55-23-35-65(36-24-55)87(7,8)9)77(71(79)47-59)83(61-17-13-15-51(43-61)49-81)73-41-29-57-28-40-68-74(42-30-58-27-39-67(73)75(57)76(58)68)84(62-18-14-16-52(44-62)50-82)78-70(56-25-37-66(38-26-56)88(10,11)12)46-60(48-72(78)80)54-21-33-64(34-22-54)86(4,5)6/h13-48H,1-12H3. The van der Waals surface area contributed by atoms with E-state index in [2.05, 4.69) is 248 Å². The second kappa shape index (κ2) is 22.6. The summed E-state index contributed by atoms with van der Waals surface area (Å²) in [5.41, 5.74) is 10.8. The van der Waals surface area contributed by atoms with Gasteiger partial charge >= 0.3 is 0 Å². The molecule has 0 radical (unpaired) electrons. The molecule has 88 heavy (non-hydrogen) atoms. The average molecular weight is 1220 g/mol. The SMILES string of the molecule is C[Si](C)(C)c1ccc(-c2cc(F)c(N(c3cccc(C#N)c3)c3ccc4ccc5c(N(c6cccc(C#N)c6)c6c(F)cc(-c7ccc([Si](C)(C)C)cc7)cc6-c6ccc([Si](C)(C)C)cc6)ccc6ccc3c4c65)c(-c3ccc([Si](C)(C)C)cc3)c2)cc1. The molecule has 12 aromatic rings. The van der Waals surface area contributed by atoms with Gasteiger partial charge in [0, 0.05) is 33.3 Å². The molecule has 0 N–H and O–H groups in total. The van der Waals surface area contributed by atoms with Crippen molar-refractivity contribution in [2.75, 3.05) is 9.80 Å². The van der Waals surface area contributed by atoms with Crippen LogP contribution in [0.3, 0.4) is 0 Å². The Kier molecular flexibility index (Phi) is 15.2. The van der Waals surface area contributed by atoms with E-state index in [0.717, 1.165) is 77.1 Å². The summed E-state index contributed by atoms with van der Waals surface area (Å²) in [6, 6.07) is 78.5. The molecule has 10 heteroatoms. The molecule has 0 aromatic heterocycles. The number of benzene rings is 12. The summed E-state index contributed by atoms with van der Waals surface area (Å²) in [6.45, 7) is 28.0. The maximum atomic E-state index is 18.4. The van der Waals surface area contributed by atoms with E-state index >= 15 is 8.78 Å². The van der Waals surface area contributed by atoms with E-state index in [-0.39, 0.29) is 0 Å². The first kappa shape index (κ1) is 59.3. The fraction of sp³-hybridized carbons (Fsp3) is 0.154. The van der Waals surface area contributed by atoms with E-state index in [9.17, 15) is 10.5 Å². The van der Waals surface area contributed by atoms with Crippen molar-refractivity contribution in [1.82, 2.24) is 0 Å². The average Bonchev–Trinajstić information content (AvgIpc) is 0.736. The van der Waals surface area contributed by atoms with Gasteiger partial charge in [0.2, 0.25) is 0 Å². The number of hydrogen-bond donors (Lipinski definition) is 0. The fourth-order valence-corrected chi connectivity index (χ4v) is 17.1. The van der Waals surface area contributed by atoms with Crippen molar-refractivity contribution in [2.45, 2.75) is 78.6 Å². The predicted octanol–water partition coefficient (Wildman–Crippen LogP) is 20.4. The number of hydrogen-bond acceptors (Lipinski definition) is 4. The summed E-state index contributed by atoms with van der Waals surface area (Å²) in [5, 5.41) is 31.8. The van der Waals surface area contributed by atoms with Crippen molar-refractivity contribution in [2.24, 2.45) is 0 Å². The van der Waals surface area contributed by atoms with E-state index in [1.165, 1.54) is 20.7 Å². The molecule has 0 amide bonds. The Morgan fingerprint density at radius 3 is 0.932 bits per heavy atom. The third kappa shape index (κ3) is 11.2. The Labute approximate surface area is 521 Å². The summed E-state index contributed by atoms with van der Waals surface area (Å²) in [7, 11) is -6.67. The minimum Gasteiger partial charge on any atom is -0.306 e. The van der Waals surface area contributed by atoms with Gasteiger partial charge in [-0.15, -0.1) is 0 Å². The van der Waals surface area contributed by atoms with Gasteiger partial charge in [-0.1, -0.05) is 245 Å².